The number of rotatable bonds is 2. The van der Waals surface area contributed by atoms with Gasteiger partial charge in [0.2, 0.25) is 0 Å². The lowest BCUT2D eigenvalue weighted by Gasteiger charge is -2.33. The second-order valence-electron chi connectivity index (χ2n) is 7.69. The first-order chi connectivity index (χ1) is 13.0. The molecule has 1 saturated heterocycles. The van der Waals surface area contributed by atoms with Crippen LogP contribution in [0.5, 0.6) is 5.75 Å². The Morgan fingerprint density at radius 3 is 2.74 bits per heavy atom. The Hall–Kier alpha value is -3.10. The number of hydrogen-bond donors (Lipinski definition) is 1. The average molecular weight is 358 g/mol. The van der Waals surface area contributed by atoms with Gasteiger partial charge >= 0.3 is 0 Å². The van der Waals surface area contributed by atoms with Crippen molar-refractivity contribution in [3.05, 3.63) is 64.3 Å². The van der Waals surface area contributed by atoms with Crippen LogP contribution >= 0.6 is 0 Å². The Morgan fingerprint density at radius 2 is 2.04 bits per heavy atom. The van der Waals surface area contributed by atoms with Gasteiger partial charge < -0.3 is 14.5 Å². The number of fused-ring (bicyclic) bond motifs is 4. The third-order valence-corrected chi connectivity index (χ3v) is 5.60. The van der Waals surface area contributed by atoms with E-state index in [1.165, 1.54) is 0 Å². The van der Waals surface area contributed by atoms with Crippen LogP contribution in [0.2, 0.25) is 0 Å². The van der Waals surface area contributed by atoms with Crippen LogP contribution in [0.15, 0.2) is 36.4 Å². The summed E-state index contributed by atoms with van der Waals surface area (Å²) in [6, 6.07) is 13.3. The van der Waals surface area contributed by atoms with Crippen molar-refractivity contribution in [2.24, 2.45) is 0 Å². The molecule has 5 rings (SSSR count). The van der Waals surface area contributed by atoms with Crippen LogP contribution in [-0.2, 0) is 10.2 Å². The van der Waals surface area contributed by atoms with Gasteiger partial charge in [0, 0.05) is 27.6 Å². The van der Waals surface area contributed by atoms with Crippen molar-refractivity contribution < 1.29 is 14.3 Å². The maximum absolute atomic E-state index is 13.3. The first-order valence-corrected chi connectivity index (χ1v) is 8.99. The van der Waals surface area contributed by atoms with Gasteiger partial charge in [0.05, 0.1) is 30.4 Å². The lowest BCUT2D eigenvalue weighted by Crippen LogP contribution is -2.38. The molecule has 27 heavy (non-hydrogen) atoms. The fraction of sp³-hybridized carbons (Fsp3) is 0.273. The number of carbonyl (C=O) groups is 1. The molecule has 1 fully saturated rings. The fourth-order valence-corrected chi connectivity index (χ4v) is 4.03. The summed E-state index contributed by atoms with van der Waals surface area (Å²) in [5.74, 6) is 0.767. The van der Waals surface area contributed by atoms with Crippen molar-refractivity contribution in [2.45, 2.75) is 25.4 Å². The lowest BCUT2D eigenvalue weighted by atomic mass is 9.71. The summed E-state index contributed by atoms with van der Waals surface area (Å²) >= 11 is 0. The molecule has 2 aliphatic rings. The van der Waals surface area contributed by atoms with E-state index in [0.717, 1.165) is 27.9 Å². The van der Waals surface area contributed by atoms with Gasteiger partial charge in [-0.3, -0.25) is 4.79 Å². The highest BCUT2D eigenvalue weighted by Gasteiger charge is 2.40. The molecule has 5 nitrogen and oxygen atoms in total. The number of nitrogens with zero attached hydrogens (tertiary/aromatic N) is 1. The highest BCUT2D eigenvalue weighted by molar-refractivity contribution is 6.20. The topological polar surface area (TPSA) is 75.1 Å². The predicted molar refractivity (Wildman–Crippen MR) is 100 cm³/mol. The quantitative estimate of drug-likeness (QED) is 0.758. The zero-order valence-electron chi connectivity index (χ0n) is 15.1. The molecule has 5 heteroatoms. The Balaban J connectivity index is 1.68. The average Bonchev–Trinajstić information content (AvgIpc) is 3.03. The molecule has 1 aliphatic carbocycles. The number of aromatic amines is 1. The highest BCUT2D eigenvalue weighted by Crippen LogP contribution is 2.44. The van der Waals surface area contributed by atoms with Gasteiger partial charge in [0.1, 0.15) is 11.9 Å². The summed E-state index contributed by atoms with van der Waals surface area (Å²) in [7, 11) is 0. The molecule has 1 N–H and O–H groups in total. The van der Waals surface area contributed by atoms with Gasteiger partial charge in [-0.2, -0.15) is 5.26 Å². The zero-order chi connectivity index (χ0) is 18.8. The third kappa shape index (κ3) is 2.23. The molecule has 0 unspecified atom stereocenters. The van der Waals surface area contributed by atoms with Crippen LogP contribution in [0.3, 0.4) is 0 Å². The first kappa shape index (κ1) is 16.1. The second-order valence-corrected chi connectivity index (χ2v) is 7.69. The van der Waals surface area contributed by atoms with Gasteiger partial charge in [-0.1, -0.05) is 19.9 Å². The minimum Gasteiger partial charge on any atom is -0.486 e. The van der Waals surface area contributed by atoms with E-state index in [1.54, 1.807) is 12.1 Å². The number of benzene rings is 2. The van der Waals surface area contributed by atoms with Crippen molar-refractivity contribution in [1.29, 1.82) is 5.26 Å². The molecular formula is C22H18N2O3. The monoisotopic (exact) mass is 358 g/mol. The molecule has 1 aliphatic heterocycles. The summed E-state index contributed by atoms with van der Waals surface area (Å²) in [6.45, 7) is 5.42. The number of nitriles is 1. The molecule has 0 bridgehead atoms. The normalized spacial score (nSPS) is 17.7. The van der Waals surface area contributed by atoms with Crippen LogP contribution in [-0.4, -0.2) is 30.1 Å². The number of H-pyrrole nitrogens is 1. The predicted octanol–water partition coefficient (Wildman–Crippen LogP) is 3.69. The van der Waals surface area contributed by atoms with Crippen molar-refractivity contribution in [3.8, 4) is 11.8 Å². The van der Waals surface area contributed by atoms with Gasteiger partial charge in [0.25, 0.3) is 0 Å². The summed E-state index contributed by atoms with van der Waals surface area (Å²) in [5.41, 5.74) is 4.24. The first-order valence-electron chi connectivity index (χ1n) is 8.99. The number of ether oxygens (including phenoxy) is 2. The summed E-state index contributed by atoms with van der Waals surface area (Å²) < 4.78 is 11.1. The van der Waals surface area contributed by atoms with Crippen LogP contribution in [0, 0.1) is 11.3 Å². The lowest BCUT2D eigenvalue weighted by molar-refractivity contribution is -0.0797. The summed E-state index contributed by atoms with van der Waals surface area (Å²) in [5, 5.41) is 10.0. The van der Waals surface area contributed by atoms with Gasteiger partial charge in [0.15, 0.2) is 5.78 Å². The Labute approximate surface area is 156 Å². The molecule has 0 spiro atoms. The highest BCUT2D eigenvalue weighted by atomic mass is 16.6. The van der Waals surface area contributed by atoms with E-state index in [2.05, 4.69) is 24.9 Å². The van der Waals surface area contributed by atoms with E-state index >= 15 is 0 Å². The van der Waals surface area contributed by atoms with Crippen molar-refractivity contribution in [3.63, 3.8) is 0 Å². The fourth-order valence-electron chi connectivity index (χ4n) is 4.03. The molecule has 3 aromatic rings. The van der Waals surface area contributed by atoms with E-state index in [-0.39, 0.29) is 17.3 Å². The minimum absolute atomic E-state index is 0.00816. The van der Waals surface area contributed by atoms with Gasteiger partial charge in [-0.15, -0.1) is 0 Å². The molecule has 0 atom stereocenters. The Bertz CT molecular complexity index is 1150. The van der Waals surface area contributed by atoms with E-state index in [1.807, 2.05) is 24.3 Å². The SMILES string of the molecule is CC1(C)c2cc(OC3COC3)ccc2C(=O)c2c1[nH]c1cc(C#N)ccc21. The molecule has 0 saturated carbocycles. The number of aromatic nitrogens is 1. The van der Waals surface area contributed by atoms with Crippen LogP contribution in [0.4, 0.5) is 0 Å². The van der Waals surface area contributed by atoms with Crippen LogP contribution in [0.25, 0.3) is 10.9 Å². The molecule has 1 aromatic heterocycles. The maximum Gasteiger partial charge on any atom is 0.195 e. The van der Waals surface area contributed by atoms with E-state index < -0.39 is 0 Å². The zero-order valence-corrected chi connectivity index (χ0v) is 15.1. The van der Waals surface area contributed by atoms with E-state index in [9.17, 15) is 10.1 Å². The molecular weight excluding hydrogens is 340 g/mol. The minimum atomic E-state index is -0.389. The summed E-state index contributed by atoms with van der Waals surface area (Å²) in [6.07, 6.45) is 0.0819. The number of hydrogen-bond acceptors (Lipinski definition) is 4. The third-order valence-electron chi connectivity index (χ3n) is 5.60. The number of ketones is 1. The van der Waals surface area contributed by atoms with Crippen molar-refractivity contribution in [2.75, 3.05) is 13.2 Å². The van der Waals surface area contributed by atoms with E-state index in [0.29, 0.717) is 29.9 Å². The van der Waals surface area contributed by atoms with Crippen molar-refractivity contribution in [1.82, 2.24) is 4.98 Å². The van der Waals surface area contributed by atoms with Crippen LogP contribution in [0.1, 0.15) is 46.6 Å². The number of nitrogens with one attached hydrogen (secondary N) is 1. The second kappa shape index (κ2) is 5.45. The van der Waals surface area contributed by atoms with Gasteiger partial charge in [-0.05, 0) is 35.9 Å². The molecule has 0 radical (unpaired) electrons. The Kier molecular flexibility index (Phi) is 3.25. The van der Waals surface area contributed by atoms with Gasteiger partial charge in [-0.25, -0.2) is 0 Å². The largest absolute Gasteiger partial charge is 0.486 e. The Morgan fingerprint density at radius 1 is 1.22 bits per heavy atom. The van der Waals surface area contributed by atoms with E-state index in [4.69, 9.17) is 9.47 Å². The van der Waals surface area contributed by atoms with Crippen molar-refractivity contribution >= 4 is 16.7 Å². The molecule has 2 aromatic carbocycles. The summed E-state index contributed by atoms with van der Waals surface area (Å²) in [4.78, 5) is 16.7. The number of carbonyl (C=O) groups excluding carboxylic acids is 1. The van der Waals surface area contributed by atoms with Crippen LogP contribution < -0.4 is 4.74 Å². The standard InChI is InChI=1S/C22H18N2O3/c1-22(2)17-8-13(27-14-10-26-11-14)4-6-15(17)20(25)19-16-5-3-12(9-23)7-18(16)24-21(19)22/h3-8,14,24H,10-11H2,1-2H3. The molecule has 2 heterocycles. The maximum atomic E-state index is 13.3. The smallest absolute Gasteiger partial charge is 0.195 e. The molecule has 134 valence electrons. The molecule has 0 amide bonds.